The highest BCUT2D eigenvalue weighted by Gasteiger charge is 2.24. The van der Waals surface area contributed by atoms with Crippen LogP contribution in [-0.2, 0) is 0 Å². The van der Waals surface area contributed by atoms with Gasteiger partial charge in [0, 0.05) is 18.6 Å². The van der Waals surface area contributed by atoms with Crippen molar-refractivity contribution in [2.24, 2.45) is 0 Å². The first kappa shape index (κ1) is 13.3. The minimum Gasteiger partial charge on any atom is -0.392 e. The summed E-state index contributed by atoms with van der Waals surface area (Å²) in [6.07, 6.45) is 8.59. The van der Waals surface area contributed by atoms with Crippen molar-refractivity contribution < 1.29 is 5.11 Å². The number of aliphatic hydroxyl groups is 1. The average molecular weight is 240 g/mol. The molecule has 0 bridgehead atoms. The van der Waals surface area contributed by atoms with Gasteiger partial charge in [0.15, 0.2) is 0 Å². The van der Waals surface area contributed by atoms with E-state index in [4.69, 9.17) is 0 Å². The Morgan fingerprint density at radius 3 is 2.53 bits per heavy atom. The number of nitrogens with one attached hydrogen (secondary N) is 1. The van der Waals surface area contributed by atoms with Gasteiger partial charge in [-0.25, -0.2) is 0 Å². The lowest BCUT2D eigenvalue weighted by Crippen LogP contribution is -2.50. The summed E-state index contributed by atoms with van der Waals surface area (Å²) in [5, 5.41) is 13.6. The Hall–Kier alpha value is -0.120. The fourth-order valence-corrected chi connectivity index (χ4v) is 3.25. The molecule has 3 heteroatoms. The van der Waals surface area contributed by atoms with Crippen LogP contribution in [0.2, 0.25) is 0 Å². The SMILES string of the molecule is CC(CN1CCCCC1)N[C@@H]1CCCC[C@H]1O. The molecule has 1 saturated carbocycles. The molecule has 100 valence electrons. The summed E-state index contributed by atoms with van der Waals surface area (Å²) < 4.78 is 0. The third kappa shape index (κ3) is 4.23. The summed E-state index contributed by atoms with van der Waals surface area (Å²) in [7, 11) is 0. The van der Waals surface area contributed by atoms with Crippen molar-refractivity contribution in [3.05, 3.63) is 0 Å². The zero-order valence-corrected chi connectivity index (χ0v) is 11.2. The van der Waals surface area contributed by atoms with Crippen molar-refractivity contribution in [3.8, 4) is 0 Å². The summed E-state index contributed by atoms with van der Waals surface area (Å²) in [4.78, 5) is 2.57. The molecule has 0 aromatic rings. The van der Waals surface area contributed by atoms with Gasteiger partial charge in [-0.05, 0) is 45.7 Å². The van der Waals surface area contributed by atoms with Crippen LogP contribution < -0.4 is 5.32 Å². The second-order valence-electron chi connectivity index (χ2n) is 5.89. The quantitative estimate of drug-likeness (QED) is 0.786. The highest BCUT2D eigenvalue weighted by atomic mass is 16.3. The molecule has 0 amide bonds. The molecule has 1 aliphatic carbocycles. The molecule has 0 radical (unpaired) electrons. The van der Waals surface area contributed by atoms with Crippen molar-refractivity contribution in [1.82, 2.24) is 10.2 Å². The van der Waals surface area contributed by atoms with E-state index in [1.165, 1.54) is 45.2 Å². The van der Waals surface area contributed by atoms with Crippen LogP contribution in [0.4, 0.5) is 0 Å². The Morgan fingerprint density at radius 2 is 1.82 bits per heavy atom. The Balaban J connectivity index is 1.70. The predicted octanol–water partition coefficient (Wildman–Crippen LogP) is 1.75. The third-order valence-electron chi connectivity index (χ3n) is 4.21. The van der Waals surface area contributed by atoms with Crippen molar-refractivity contribution in [2.45, 2.75) is 70.1 Å². The fourth-order valence-electron chi connectivity index (χ4n) is 3.25. The van der Waals surface area contributed by atoms with Gasteiger partial charge in [-0.2, -0.15) is 0 Å². The molecule has 1 saturated heterocycles. The second kappa shape index (κ2) is 6.72. The number of piperidine rings is 1. The molecule has 0 spiro atoms. The van der Waals surface area contributed by atoms with E-state index in [9.17, 15) is 5.11 Å². The Kier molecular flexibility index (Phi) is 5.26. The monoisotopic (exact) mass is 240 g/mol. The summed E-state index contributed by atoms with van der Waals surface area (Å²) in [5.41, 5.74) is 0. The predicted molar refractivity (Wildman–Crippen MR) is 71.2 cm³/mol. The van der Waals surface area contributed by atoms with Crippen molar-refractivity contribution in [1.29, 1.82) is 0 Å². The Morgan fingerprint density at radius 1 is 1.12 bits per heavy atom. The highest BCUT2D eigenvalue weighted by Crippen LogP contribution is 2.19. The van der Waals surface area contributed by atoms with E-state index < -0.39 is 0 Å². The molecule has 0 aromatic carbocycles. The van der Waals surface area contributed by atoms with Gasteiger partial charge in [0.2, 0.25) is 0 Å². The number of nitrogens with zero attached hydrogens (tertiary/aromatic N) is 1. The normalized spacial score (nSPS) is 33.5. The smallest absolute Gasteiger partial charge is 0.0693 e. The molecule has 2 N–H and O–H groups in total. The average Bonchev–Trinajstić information content (AvgIpc) is 2.33. The Labute approximate surface area is 106 Å². The van der Waals surface area contributed by atoms with Gasteiger partial charge in [0.05, 0.1) is 6.10 Å². The van der Waals surface area contributed by atoms with Crippen LogP contribution in [0.3, 0.4) is 0 Å². The first-order valence-electron chi connectivity index (χ1n) is 7.42. The summed E-state index contributed by atoms with van der Waals surface area (Å²) in [6.45, 7) is 5.93. The van der Waals surface area contributed by atoms with Gasteiger partial charge < -0.3 is 15.3 Å². The minimum absolute atomic E-state index is 0.118. The lowest BCUT2D eigenvalue weighted by molar-refractivity contribution is 0.0811. The number of rotatable bonds is 4. The van der Waals surface area contributed by atoms with Gasteiger partial charge in [0.1, 0.15) is 0 Å². The zero-order chi connectivity index (χ0) is 12.1. The van der Waals surface area contributed by atoms with Crippen molar-refractivity contribution >= 4 is 0 Å². The summed E-state index contributed by atoms with van der Waals surface area (Å²) >= 11 is 0. The highest BCUT2D eigenvalue weighted by molar-refractivity contribution is 4.83. The van der Waals surface area contributed by atoms with Crippen LogP contribution in [0.15, 0.2) is 0 Å². The maximum atomic E-state index is 9.95. The molecule has 2 rings (SSSR count). The molecule has 1 unspecified atom stereocenters. The molecule has 3 nitrogen and oxygen atoms in total. The molecule has 17 heavy (non-hydrogen) atoms. The third-order valence-corrected chi connectivity index (χ3v) is 4.21. The summed E-state index contributed by atoms with van der Waals surface area (Å²) in [5.74, 6) is 0. The van der Waals surface area contributed by atoms with Crippen LogP contribution in [0.25, 0.3) is 0 Å². The molecule has 1 heterocycles. The largest absolute Gasteiger partial charge is 0.392 e. The second-order valence-corrected chi connectivity index (χ2v) is 5.89. The zero-order valence-electron chi connectivity index (χ0n) is 11.2. The van der Waals surface area contributed by atoms with E-state index in [1.54, 1.807) is 0 Å². The lowest BCUT2D eigenvalue weighted by atomic mass is 9.92. The topological polar surface area (TPSA) is 35.5 Å². The Bertz CT molecular complexity index is 216. The molecule has 2 fully saturated rings. The van der Waals surface area contributed by atoms with Crippen molar-refractivity contribution in [3.63, 3.8) is 0 Å². The van der Waals surface area contributed by atoms with Gasteiger partial charge in [-0.15, -0.1) is 0 Å². The van der Waals surface area contributed by atoms with Crippen LogP contribution >= 0.6 is 0 Å². The van der Waals surface area contributed by atoms with Gasteiger partial charge in [-0.3, -0.25) is 0 Å². The first-order valence-corrected chi connectivity index (χ1v) is 7.42. The standard InChI is InChI=1S/C14H28N2O/c1-12(11-16-9-5-2-6-10-16)15-13-7-3-4-8-14(13)17/h12-15,17H,2-11H2,1H3/t12?,13-,14-/m1/s1. The maximum absolute atomic E-state index is 9.95. The van der Waals surface area contributed by atoms with E-state index in [0.717, 1.165) is 19.4 Å². The number of hydrogen-bond acceptors (Lipinski definition) is 3. The van der Waals surface area contributed by atoms with Crippen LogP contribution in [0.1, 0.15) is 51.9 Å². The minimum atomic E-state index is -0.118. The number of aliphatic hydroxyl groups excluding tert-OH is 1. The van der Waals surface area contributed by atoms with Gasteiger partial charge in [0.25, 0.3) is 0 Å². The van der Waals surface area contributed by atoms with Crippen LogP contribution in [-0.4, -0.2) is 47.8 Å². The maximum Gasteiger partial charge on any atom is 0.0693 e. The molecule has 3 atom stereocenters. The van der Waals surface area contributed by atoms with E-state index in [0.29, 0.717) is 12.1 Å². The van der Waals surface area contributed by atoms with Crippen LogP contribution in [0.5, 0.6) is 0 Å². The lowest BCUT2D eigenvalue weighted by Gasteiger charge is -2.34. The van der Waals surface area contributed by atoms with E-state index in [1.807, 2.05) is 0 Å². The van der Waals surface area contributed by atoms with Crippen LogP contribution in [0, 0.1) is 0 Å². The molecule has 1 aliphatic heterocycles. The molecular weight excluding hydrogens is 212 g/mol. The number of likely N-dealkylation sites (tertiary alicyclic amines) is 1. The van der Waals surface area contributed by atoms with Gasteiger partial charge >= 0.3 is 0 Å². The molecule has 0 aromatic heterocycles. The van der Waals surface area contributed by atoms with Crippen molar-refractivity contribution in [2.75, 3.05) is 19.6 Å². The van der Waals surface area contributed by atoms with Gasteiger partial charge in [-0.1, -0.05) is 19.3 Å². The van der Waals surface area contributed by atoms with E-state index >= 15 is 0 Å². The fraction of sp³-hybridized carbons (Fsp3) is 1.00. The number of hydrogen-bond donors (Lipinski definition) is 2. The first-order chi connectivity index (χ1) is 8.25. The summed E-state index contributed by atoms with van der Waals surface area (Å²) in [6, 6.07) is 0.842. The van der Waals surface area contributed by atoms with E-state index in [-0.39, 0.29) is 6.10 Å². The molecule has 2 aliphatic rings. The molecular formula is C14H28N2O. The van der Waals surface area contributed by atoms with E-state index in [2.05, 4.69) is 17.1 Å².